The lowest BCUT2D eigenvalue weighted by Crippen LogP contribution is -2.23. The van der Waals surface area contributed by atoms with Crippen molar-refractivity contribution in [2.75, 3.05) is 6.54 Å². The molecule has 0 amide bonds. The molecule has 0 aliphatic carbocycles. The van der Waals surface area contributed by atoms with E-state index < -0.39 is 0 Å². The number of aryl methyl sites for hydroxylation is 1. The van der Waals surface area contributed by atoms with E-state index in [0.717, 1.165) is 25.3 Å². The van der Waals surface area contributed by atoms with Gasteiger partial charge in [0.2, 0.25) is 0 Å². The van der Waals surface area contributed by atoms with E-state index in [9.17, 15) is 0 Å². The molecule has 0 spiro atoms. The molecule has 0 aliphatic heterocycles. The van der Waals surface area contributed by atoms with E-state index in [1.54, 1.807) is 0 Å². The van der Waals surface area contributed by atoms with Gasteiger partial charge in [-0.2, -0.15) is 5.10 Å². The van der Waals surface area contributed by atoms with Crippen molar-refractivity contribution in [3.63, 3.8) is 0 Å². The number of hydrogen-bond acceptors (Lipinski definition) is 3. The summed E-state index contributed by atoms with van der Waals surface area (Å²) in [5.74, 6) is 0.540. The highest BCUT2D eigenvalue weighted by Gasteiger charge is 2.09. The maximum atomic E-state index is 4.21. The van der Waals surface area contributed by atoms with Crippen molar-refractivity contribution < 1.29 is 0 Å². The second-order valence-electron chi connectivity index (χ2n) is 6.14. The van der Waals surface area contributed by atoms with Crippen LogP contribution >= 0.6 is 0 Å². The fraction of sp³-hybridized carbons (Fsp3) is 0.333. The molecule has 2 N–H and O–H groups in total. The van der Waals surface area contributed by atoms with Crippen molar-refractivity contribution in [3.05, 3.63) is 60.3 Å². The molecule has 5 heteroatoms. The number of rotatable bonds is 7. The van der Waals surface area contributed by atoms with Crippen molar-refractivity contribution in [3.8, 4) is 11.3 Å². The first-order chi connectivity index (χ1) is 11.2. The van der Waals surface area contributed by atoms with Gasteiger partial charge in [-0.25, -0.2) is 4.98 Å². The Kier molecular flexibility index (Phi) is 4.88. The second-order valence-corrected chi connectivity index (χ2v) is 6.14. The van der Waals surface area contributed by atoms with Crippen molar-refractivity contribution in [2.45, 2.75) is 26.9 Å². The van der Waals surface area contributed by atoms with Crippen molar-refractivity contribution >= 4 is 0 Å². The van der Waals surface area contributed by atoms with Gasteiger partial charge in [-0.3, -0.25) is 5.10 Å². The molecule has 120 valence electrons. The number of imidazole rings is 1. The van der Waals surface area contributed by atoms with E-state index in [0.29, 0.717) is 5.92 Å². The van der Waals surface area contributed by atoms with Gasteiger partial charge in [0.05, 0.1) is 18.2 Å². The summed E-state index contributed by atoms with van der Waals surface area (Å²) in [6.07, 6.45) is 7.59. The average molecular weight is 309 g/mol. The molecule has 3 rings (SSSR count). The fourth-order valence-electron chi connectivity index (χ4n) is 2.77. The highest BCUT2D eigenvalue weighted by Crippen LogP contribution is 2.21. The summed E-state index contributed by atoms with van der Waals surface area (Å²) in [6.45, 7) is 7.09. The van der Waals surface area contributed by atoms with Gasteiger partial charge in [-0.15, -0.1) is 0 Å². The molecule has 2 heterocycles. The van der Waals surface area contributed by atoms with Gasteiger partial charge < -0.3 is 9.88 Å². The van der Waals surface area contributed by atoms with Gasteiger partial charge >= 0.3 is 0 Å². The third-order valence-corrected chi connectivity index (χ3v) is 3.91. The zero-order chi connectivity index (χ0) is 16.1. The van der Waals surface area contributed by atoms with E-state index in [-0.39, 0.29) is 0 Å². The monoisotopic (exact) mass is 309 g/mol. The predicted molar refractivity (Wildman–Crippen MR) is 91.9 cm³/mol. The highest BCUT2D eigenvalue weighted by molar-refractivity contribution is 5.63. The number of nitrogens with one attached hydrogen (secondary N) is 2. The molecule has 0 saturated heterocycles. The van der Waals surface area contributed by atoms with Crippen LogP contribution in [0.4, 0.5) is 0 Å². The van der Waals surface area contributed by atoms with Gasteiger partial charge in [0.1, 0.15) is 0 Å². The van der Waals surface area contributed by atoms with E-state index in [2.05, 4.69) is 63.2 Å². The van der Waals surface area contributed by atoms with Crippen LogP contribution < -0.4 is 5.32 Å². The minimum Gasteiger partial charge on any atom is -0.337 e. The Morgan fingerprint density at radius 1 is 1.35 bits per heavy atom. The molecule has 0 aliphatic rings. The van der Waals surface area contributed by atoms with Crippen LogP contribution in [-0.4, -0.2) is 26.3 Å². The molecule has 0 saturated carbocycles. The zero-order valence-electron chi connectivity index (χ0n) is 13.7. The first kappa shape index (κ1) is 15.5. The molecule has 0 bridgehead atoms. The van der Waals surface area contributed by atoms with Crippen LogP contribution in [0.5, 0.6) is 0 Å². The van der Waals surface area contributed by atoms with Crippen molar-refractivity contribution in [1.82, 2.24) is 25.1 Å². The number of benzene rings is 1. The van der Waals surface area contributed by atoms with Crippen molar-refractivity contribution in [1.29, 1.82) is 0 Å². The second kappa shape index (κ2) is 7.24. The predicted octanol–water partition coefficient (Wildman–Crippen LogP) is 3.01. The average Bonchev–Trinajstić information content (AvgIpc) is 3.19. The van der Waals surface area contributed by atoms with Crippen LogP contribution in [0.2, 0.25) is 0 Å². The summed E-state index contributed by atoms with van der Waals surface area (Å²) in [4.78, 5) is 4.08. The Labute approximate surface area is 136 Å². The minimum atomic E-state index is 0.540. The standard InChI is InChI=1S/C18H23N5/c1-14-4-3-5-16(8-14)18-17(11-21-22-18)10-20-9-15(2)12-23-7-6-19-13-23/h3-8,11,13,15,20H,9-10,12H2,1-2H3,(H,21,22). The van der Waals surface area contributed by atoms with Crippen LogP contribution in [0.15, 0.2) is 49.2 Å². The van der Waals surface area contributed by atoms with E-state index in [4.69, 9.17) is 0 Å². The third-order valence-electron chi connectivity index (χ3n) is 3.91. The van der Waals surface area contributed by atoms with Gasteiger partial charge in [-0.1, -0.05) is 30.7 Å². The quantitative estimate of drug-likeness (QED) is 0.705. The molecule has 0 radical (unpaired) electrons. The summed E-state index contributed by atoms with van der Waals surface area (Å²) < 4.78 is 2.11. The molecular weight excluding hydrogens is 286 g/mol. The summed E-state index contributed by atoms with van der Waals surface area (Å²) in [5, 5.41) is 10.9. The van der Waals surface area contributed by atoms with Gasteiger partial charge in [0.15, 0.2) is 0 Å². The van der Waals surface area contributed by atoms with Crippen LogP contribution in [0.25, 0.3) is 11.3 Å². The topological polar surface area (TPSA) is 58.5 Å². The number of H-pyrrole nitrogens is 1. The zero-order valence-corrected chi connectivity index (χ0v) is 13.7. The smallest absolute Gasteiger partial charge is 0.0946 e. The first-order valence-corrected chi connectivity index (χ1v) is 7.98. The molecule has 0 fully saturated rings. The number of aromatic amines is 1. The molecule has 23 heavy (non-hydrogen) atoms. The van der Waals surface area contributed by atoms with Gasteiger partial charge in [-0.05, 0) is 25.5 Å². The van der Waals surface area contributed by atoms with Crippen LogP contribution in [0, 0.1) is 12.8 Å². The normalized spacial score (nSPS) is 12.4. The maximum absolute atomic E-state index is 4.21. The Balaban J connectivity index is 1.56. The molecule has 5 nitrogen and oxygen atoms in total. The van der Waals surface area contributed by atoms with E-state index in [1.165, 1.54) is 16.7 Å². The Hall–Kier alpha value is -2.40. The summed E-state index contributed by atoms with van der Waals surface area (Å²) >= 11 is 0. The Morgan fingerprint density at radius 3 is 3.04 bits per heavy atom. The summed E-state index contributed by atoms with van der Waals surface area (Å²) in [7, 11) is 0. The summed E-state index contributed by atoms with van der Waals surface area (Å²) in [6, 6.07) is 8.48. The van der Waals surface area contributed by atoms with Gasteiger partial charge in [0.25, 0.3) is 0 Å². The first-order valence-electron chi connectivity index (χ1n) is 7.98. The lowest BCUT2D eigenvalue weighted by Gasteiger charge is -2.13. The maximum Gasteiger partial charge on any atom is 0.0946 e. The fourth-order valence-corrected chi connectivity index (χ4v) is 2.77. The lowest BCUT2D eigenvalue weighted by molar-refractivity contribution is 0.445. The van der Waals surface area contributed by atoms with Gasteiger partial charge in [0, 0.05) is 36.6 Å². The minimum absolute atomic E-state index is 0.540. The molecule has 2 aromatic heterocycles. The molecule has 1 atom stereocenters. The lowest BCUT2D eigenvalue weighted by atomic mass is 10.1. The van der Waals surface area contributed by atoms with E-state index >= 15 is 0 Å². The van der Waals surface area contributed by atoms with E-state index in [1.807, 2.05) is 24.9 Å². The number of hydrogen-bond donors (Lipinski definition) is 2. The Morgan fingerprint density at radius 2 is 2.26 bits per heavy atom. The van der Waals surface area contributed by atoms with Crippen LogP contribution in [0.3, 0.4) is 0 Å². The SMILES string of the molecule is Cc1cccc(-c2[nH]ncc2CNCC(C)Cn2ccnc2)c1. The largest absolute Gasteiger partial charge is 0.337 e. The molecular formula is C18H23N5. The van der Waals surface area contributed by atoms with Crippen LogP contribution in [0.1, 0.15) is 18.1 Å². The van der Waals surface area contributed by atoms with Crippen molar-refractivity contribution in [2.24, 2.45) is 5.92 Å². The third kappa shape index (κ3) is 4.07. The van der Waals surface area contributed by atoms with Crippen LogP contribution in [-0.2, 0) is 13.1 Å². The summed E-state index contributed by atoms with van der Waals surface area (Å²) in [5.41, 5.74) is 4.74. The number of nitrogens with zero attached hydrogens (tertiary/aromatic N) is 3. The molecule has 3 aromatic rings. The molecule has 1 aromatic carbocycles. The Bertz CT molecular complexity index is 729. The number of aromatic nitrogens is 4. The highest BCUT2D eigenvalue weighted by atomic mass is 15.1. The molecule has 1 unspecified atom stereocenters.